The summed E-state index contributed by atoms with van der Waals surface area (Å²) in [4.78, 5) is 24.8. The smallest absolute Gasteiger partial charge is 0.343 e. The van der Waals surface area contributed by atoms with E-state index < -0.39 is 17.6 Å². The van der Waals surface area contributed by atoms with Crippen LogP contribution < -0.4 is 0 Å². The molecular weight excluding hydrogens is 350 g/mol. The zero-order valence-corrected chi connectivity index (χ0v) is 14.1. The Morgan fingerprint density at radius 2 is 1.19 bits per heavy atom. The summed E-state index contributed by atoms with van der Waals surface area (Å²) in [5, 5.41) is 0. The first-order valence-electron chi connectivity index (χ1n) is 8.08. The molecule has 0 aliphatic carbocycles. The SMILES string of the molecule is O=C(/C=C(/OC(=O)c1ccc(F)cc1)c1ccc(F)cc1)c1ccccc1. The van der Waals surface area contributed by atoms with E-state index in [-0.39, 0.29) is 17.1 Å². The molecule has 134 valence electrons. The number of carbonyl (C=O) groups is 2. The molecule has 0 spiro atoms. The Balaban J connectivity index is 1.93. The van der Waals surface area contributed by atoms with E-state index in [1.165, 1.54) is 42.5 Å². The molecule has 3 aromatic carbocycles. The van der Waals surface area contributed by atoms with E-state index in [1.807, 2.05) is 0 Å². The second-order valence-corrected chi connectivity index (χ2v) is 5.64. The molecule has 0 N–H and O–H groups in total. The van der Waals surface area contributed by atoms with E-state index in [0.29, 0.717) is 11.1 Å². The number of halogens is 2. The summed E-state index contributed by atoms with van der Waals surface area (Å²) >= 11 is 0. The van der Waals surface area contributed by atoms with Crippen LogP contribution in [-0.4, -0.2) is 11.8 Å². The molecule has 0 atom stereocenters. The molecule has 0 heterocycles. The van der Waals surface area contributed by atoms with Crippen molar-refractivity contribution in [1.82, 2.24) is 0 Å². The van der Waals surface area contributed by atoms with Crippen molar-refractivity contribution in [3.8, 4) is 0 Å². The van der Waals surface area contributed by atoms with Crippen LogP contribution in [0, 0.1) is 11.6 Å². The van der Waals surface area contributed by atoms with Crippen molar-refractivity contribution >= 4 is 17.5 Å². The second kappa shape index (κ2) is 8.19. The van der Waals surface area contributed by atoms with Gasteiger partial charge in [0.2, 0.25) is 0 Å². The van der Waals surface area contributed by atoms with Crippen molar-refractivity contribution in [2.45, 2.75) is 0 Å². The first-order valence-corrected chi connectivity index (χ1v) is 8.08. The molecule has 0 fully saturated rings. The van der Waals surface area contributed by atoms with E-state index in [4.69, 9.17) is 4.74 Å². The van der Waals surface area contributed by atoms with Gasteiger partial charge in [-0.25, -0.2) is 13.6 Å². The second-order valence-electron chi connectivity index (χ2n) is 5.64. The summed E-state index contributed by atoms with van der Waals surface area (Å²) in [5.74, 6) is -2.11. The summed E-state index contributed by atoms with van der Waals surface area (Å²) in [6.45, 7) is 0. The number of esters is 1. The largest absolute Gasteiger partial charge is 0.422 e. The van der Waals surface area contributed by atoms with Crippen molar-refractivity contribution < 1.29 is 23.1 Å². The molecule has 0 saturated heterocycles. The highest BCUT2D eigenvalue weighted by Crippen LogP contribution is 2.20. The van der Waals surface area contributed by atoms with Crippen LogP contribution in [0.15, 0.2) is 84.9 Å². The lowest BCUT2D eigenvalue weighted by Crippen LogP contribution is -2.07. The molecule has 0 aromatic heterocycles. The zero-order chi connectivity index (χ0) is 19.2. The standard InChI is InChI=1S/C22H14F2O3/c23-18-10-6-16(7-11-18)21(14-20(25)15-4-2-1-3-5-15)27-22(26)17-8-12-19(24)13-9-17/h1-14H/b21-14+. The summed E-state index contributed by atoms with van der Waals surface area (Å²) in [7, 11) is 0. The molecular formula is C22H14F2O3. The highest BCUT2D eigenvalue weighted by molar-refractivity contribution is 6.08. The van der Waals surface area contributed by atoms with Crippen LogP contribution in [-0.2, 0) is 4.74 Å². The van der Waals surface area contributed by atoms with Crippen LogP contribution in [0.5, 0.6) is 0 Å². The van der Waals surface area contributed by atoms with Gasteiger partial charge in [0.05, 0.1) is 5.56 Å². The summed E-state index contributed by atoms with van der Waals surface area (Å²) < 4.78 is 31.6. The Morgan fingerprint density at radius 1 is 0.667 bits per heavy atom. The van der Waals surface area contributed by atoms with Crippen LogP contribution in [0.2, 0.25) is 0 Å². The number of ketones is 1. The number of hydrogen-bond donors (Lipinski definition) is 0. The molecule has 3 aromatic rings. The predicted molar refractivity (Wildman–Crippen MR) is 97.0 cm³/mol. The number of ether oxygens (including phenoxy) is 1. The number of hydrogen-bond acceptors (Lipinski definition) is 3. The number of benzene rings is 3. The average Bonchev–Trinajstić information content (AvgIpc) is 2.69. The van der Waals surface area contributed by atoms with Gasteiger partial charge in [0.1, 0.15) is 17.4 Å². The predicted octanol–water partition coefficient (Wildman–Crippen LogP) is 5.05. The topological polar surface area (TPSA) is 43.4 Å². The number of rotatable bonds is 5. The quantitative estimate of drug-likeness (QED) is 0.276. The lowest BCUT2D eigenvalue weighted by atomic mass is 10.1. The highest BCUT2D eigenvalue weighted by atomic mass is 19.1. The maximum atomic E-state index is 13.2. The molecule has 0 saturated carbocycles. The Hall–Kier alpha value is -3.60. The first kappa shape index (κ1) is 18.2. The van der Waals surface area contributed by atoms with E-state index in [9.17, 15) is 18.4 Å². The summed E-state index contributed by atoms with van der Waals surface area (Å²) in [6, 6.07) is 18.5. The minimum atomic E-state index is -0.758. The van der Waals surface area contributed by atoms with Gasteiger partial charge in [-0.2, -0.15) is 0 Å². The van der Waals surface area contributed by atoms with Gasteiger partial charge in [0.15, 0.2) is 5.78 Å². The fourth-order valence-electron chi connectivity index (χ4n) is 2.34. The molecule has 3 nitrogen and oxygen atoms in total. The highest BCUT2D eigenvalue weighted by Gasteiger charge is 2.15. The Kier molecular flexibility index (Phi) is 5.52. The lowest BCUT2D eigenvalue weighted by Gasteiger charge is -2.09. The minimum absolute atomic E-state index is 0.0295. The fourth-order valence-corrected chi connectivity index (χ4v) is 2.34. The molecule has 0 aliphatic rings. The molecule has 27 heavy (non-hydrogen) atoms. The van der Waals surface area contributed by atoms with E-state index in [1.54, 1.807) is 30.3 Å². The third-order valence-corrected chi connectivity index (χ3v) is 3.73. The van der Waals surface area contributed by atoms with Crippen molar-refractivity contribution in [1.29, 1.82) is 0 Å². The molecule has 0 radical (unpaired) electrons. The van der Waals surface area contributed by atoms with Crippen LogP contribution >= 0.6 is 0 Å². The lowest BCUT2D eigenvalue weighted by molar-refractivity contribution is 0.0691. The molecule has 3 rings (SSSR count). The van der Waals surface area contributed by atoms with Crippen LogP contribution in [0.25, 0.3) is 5.76 Å². The van der Waals surface area contributed by atoms with Crippen LogP contribution in [0.3, 0.4) is 0 Å². The normalized spacial score (nSPS) is 11.1. The summed E-state index contributed by atoms with van der Waals surface area (Å²) in [6.07, 6.45) is 1.17. The monoisotopic (exact) mass is 364 g/mol. The van der Waals surface area contributed by atoms with E-state index >= 15 is 0 Å². The molecule has 0 unspecified atom stereocenters. The Labute approximate surface area is 154 Å². The van der Waals surface area contributed by atoms with Crippen LogP contribution in [0.1, 0.15) is 26.3 Å². The fraction of sp³-hybridized carbons (Fsp3) is 0. The van der Waals surface area contributed by atoms with Gasteiger partial charge in [-0.15, -0.1) is 0 Å². The van der Waals surface area contributed by atoms with Gasteiger partial charge < -0.3 is 4.74 Å². The van der Waals surface area contributed by atoms with E-state index in [0.717, 1.165) is 12.1 Å². The Bertz CT molecular complexity index is 976. The third-order valence-electron chi connectivity index (χ3n) is 3.73. The molecule has 5 heteroatoms. The third kappa shape index (κ3) is 4.73. The molecule has 0 amide bonds. The zero-order valence-electron chi connectivity index (χ0n) is 14.1. The van der Waals surface area contributed by atoms with Crippen molar-refractivity contribution in [3.63, 3.8) is 0 Å². The van der Waals surface area contributed by atoms with Gasteiger partial charge in [0.25, 0.3) is 0 Å². The van der Waals surface area contributed by atoms with Crippen molar-refractivity contribution in [2.75, 3.05) is 0 Å². The molecule has 0 bridgehead atoms. The number of carbonyl (C=O) groups excluding carboxylic acids is 2. The summed E-state index contributed by atoms with van der Waals surface area (Å²) in [5.41, 5.74) is 0.891. The van der Waals surface area contributed by atoms with Crippen molar-refractivity contribution in [3.05, 3.63) is 113 Å². The molecule has 0 aliphatic heterocycles. The maximum Gasteiger partial charge on any atom is 0.343 e. The van der Waals surface area contributed by atoms with Gasteiger partial charge in [-0.05, 0) is 48.5 Å². The van der Waals surface area contributed by atoms with E-state index in [2.05, 4.69) is 0 Å². The van der Waals surface area contributed by atoms with Crippen molar-refractivity contribution in [2.24, 2.45) is 0 Å². The van der Waals surface area contributed by atoms with Gasteiger partial charge in [0, 0.05) is 17.2 Å². The Morgan fingerprint density at radius 3 is 1.74 bits per heavy atom. The minimum Gasteiger partial charge on any atom is -0.422 e. The maximum absolute atomic E-state index is 13.2. The van der Waals surface area contributed by atoms with Gasteiger partial charge in [-0.1, -0.05) is 30.3 Å². The average molecular weight is 364 g/mol. The van der Waals surface area contributed by atoms with Gasteiger partial charge in [-0.3, -0.25) is 4.79 Å². The van der Waals surface area contributed by atoms with Gasteiger partial charge >= 0.3 is 5.97 Å². The number of allylic oxidation sites excluding steroid dienone is 1. The van der Waals surface area contributed by atoms with Crippen LogP contribution in [0.4, 0.5) is 8.78 Å². The first-order chi connectivity index (χ1) is 13.0.